The summed E-state index contributed by atoms with van der Waals surface area (Å²) in [6.07, 6.45) is 7.73. The van der Waals surface area contributed by atoms with Crippen LogP contribution in [0.15, 0.2) is 0 Å². The van der Waals surface area contributed by atoms with E-state index in [0.717, 1.165) is 24.7 Å². The number of rotatable bonds is 7. The second-order valence-electron chi connectivity index (χ2n) is 4.89. The zero-order chi connectivity index (χ0) is 12.5. The standard InChI is InChI=1S/C13H26N2OS/c1-3-4-5-7-11(2)15-13(17)14-10-12-8-6-9-16-12/h11-12H,3-10H2,1-2H3,(H2,14,15,17). The van der Waals surface area contributed by atoms with Crippen molar-refractivity contribution in [3.63, 3.8) is 0 Å². The number of nitrogens with one attached hydrogen (secondary N) is 2. The summed E-state index contributed by atoms with van der Waals surface area (Å²) in [4.78, 5) is 0. The molecule has 1 rings (SSSR count). The minimum atomic E-state index is 0.352. The quantitative estimate of drug-likeness (QED) is 0.543. The lowest BCUT2D eigenvalue weighted by Gasteiger charge is -2.18. The van der Waals surface area contributed by atoms with E-state index >= 15 is 0 Å². The minimum absolute atomic E-state index is 0.352. The molecule has 1 aliphatic rings. The first kappa shape index (κ1) is 14.7. The lowest BCUT2D eigenvalue weighted by Crippen LogP contribution is -2.43. The molecule has 0 aromatic carbocycles. The maximum Gasteiger partial charge on any atom is 0.166 e. The zero-order valence-electron chi connectivity index (χ0n) is 11.1. The van der Waals surface area contributed by atoms with Gasteiger partial charge in [0.1, 0.15) is 0 Å². The number of hydrogen-bond acceptors (Lipinski definition) is 2. The molecule has 0 aromatic rings. The van der Waals surface area contributed by atoms with E-state index in [-0.39, 0.29) is 0 Å². The maximum absolute atomic E-state index is 5.54. The smallest absolute Gasteiger partial charge is 0.166 e. The van der Waals surface area contributed by atoms with Crippen molar-refractivity contribution in [1.29, 1.82) is 0 Å². The van der Waals surface area contributed by atoms with Gasteiger partial charge >= 0.3 is 0 Å². The van der Waals surface area contributed by atoms with E-state index in [1.807, 2.05) is 0 Å². The molecule has 3 nitrogen and oxygen atoms in total. The molecular weight excluding hydrogens is 232 g/mol. The highest BCUT2D eigenvalue weighted by atomic mass is 32.1. The molecule has 1 fully saturated rings. The van der Waals surface area contributed by atoms with E-state index in [1.165, 1.54) is 32.1 Å². The zero-order valence-corrected chi connectivity index (χ0v) is 11.9. The molecule has 0 aromatic heterocycles. The van der Waals surface area contributed by atoms with Crippen molar-refractivity contribution in [2.45, 2.75) is 64.5 Å². The Kier molecular flexibility index (Phi) is 7.53. The maximum atomic E-state index is 5.54. The molecule has 0 amide bonds. The first-order chi connectivity index (χ1) is 8.22. The van der Waals surface area contributed by atoms with Crippen molar-refractivity contribution < 1.29 is 4.74 Å². The summed E-state index contributed by atoms with van der Waals surface area (Å²) in [7, 11) is 0. The average Bonchev–Trinajstić information content (AvgIpc) is 2.79. The van der Waals surface area contributed by atoms with E-state index in [0.29, 0.717) is 12.1 Å². The van der Waals surface area contributed by atoms with Gasteiger partial charge < -0.3 is 15.4 Å². The van der Waals surface area contributed by atoms with Crippen molar-refractivity contribution in [1.82, 2.24) is 10.6 Å². The molecule has 0 radical (unpaired) electrons. The number of thiocarbonyl (C=S) groups is 1. The topological polar surface area (TPSA) is 33.3 Å². The summed E-state index contributed by atoms with van der Waals surface area (Å²) >= 11 is 5.27. The third-order valence-corrected chi connectivity index (χ3v) is 3.39. The highest BCUT2D eigenvalue weighted by molar-refractivity contribution is 7.80. The number of ether oxygens (including phenoxy) is 1. The lowest BCUT2D eigenvalue weighted by molar-refractivity contribution is 0.114. The largest absolute Gasteiger partial charge is 0.376 e. The van der Waals surface area contributed by atoms with Crippen LogP contribution in [0.25, 0.3) is 0 Å². The molecule has 0 bridgehead atoms. The van der Waals surface area contributed by atoms with Crippen LogP contribution in [0.2, 0.25) is 0 Å². The SMILES string of the molecule is CCCCCC(C)NC(=S)NCC1CCCO1. The van der Waals surface area contributed by atoms with Crippen LogP contribution in [0.3, 0.4) is 0 Å². The molecule has 1 saturated heterocycles. The van der Waals surface area contributed by atoms with Gasteiger partial charge in [0.15, 0.2) is 5.11 Å². The summed E-state index contributed by atoms with van der Waals surface area (Å²) < 4.78 is 5.54. The Balaban J connectivity index is 2.02. The number of unbranched alkanes of at least 4 members (excludes halogenated alkanes) is 2. The molecule has 0 spiro atoms. The molecule has 2 N–H and O–H groups in total. The fourth-order valence-electron chi connectivity index (χ4n) is 2.06. The molecule has 100 valence electrons. The molecule has 0 saturated carbocycles. The van der Waals surface area contributed by atoms with E-state index < -0.39 is 0 Å². The van der Waals surface area contributed by atoms with Crippen LogP contribution in [0.5, 0.6) is 0 Å². The Morgan fingerprint density at radius 3 is 2.94 bits per heavy atom. The van der Waals surface area contributed by atoms with Crippen molar-refractivity contribution >= 4 is 17.3 Å². The Hall–Kier alpha value is -0.350. The first-order valence-corrected chi connectivity index (χ1v) is 7.29. The second kappa shape index (κ2) is 8.70. The average molecular weight is 258 g/mol. The van der Waals surface area contributed by atoms with E-state index in [9.17, 15) is 0 Å². The van der Waals surface area contributed by atoms with Crippen LogP contribution >= 0.6 is 12.2 Å². The molecular formula is C13H26N2OS. The minimum Gasteiger partial charge on any atom is -0.376 e. The molecule has 2 atom stereocenters. The molecule has 17 heavy (non-hydrogen) atoms. The third-order valence-electron chi connectivity index (χ3n) is 3.13. The fraction of sp³-hybridized carbons (Fsp3) is 0.923. The summed E-state index contributed by atoms with van der Waals surface area (Å²) in [5.41, 5.74) is 0. The van der Waals surface area contributed by atoms with Gasteiger partial charge in [-0.25, -0.2) is 0 Å². The predicted octanol–water partition coefficient (Wildman–Crippen LogP) is 2.60. The molecule has 1 heterocycles. The molecule has 4 heteroatoms. The Morgan fingerprint density at radius 1 is 1.47 bits per heavy atom. The van der Waals surface area contributed by atoms with Gasteiger partial charge in [-0.2, -0.15) is 0 Å². The highest BCUT2D eigenvalue weighted by Gasteiger charge is 2.15. The molecule has 0 aliphatic carbocycles. The van der Waals surface area contributed by atoms with Gasteiger partial charge in [0.05, 0.1) is 6.10 Å². The van der Waals surface area contributed by atoms with Gasteiger partial charge in [0.2, 0.25) is 0 Å². The van der Waals surface area contributed by atoms with Crippen molar-refractivity contribution in [2.75, 3.05) is 13.2 Å². The summed E-state index contributed by atoms with van der Waals surface area (Å²) in [6, 6.07) is 0.464. The number of hydrogen-bond donors (Lipinski definition) is 2. The molecule has 1 aliphatic heterocycles. The Bertz CT molecular complexity index is 217. The van der Waals surface area contributed by atoms with Gasteiger partial charge in [-0.3, -0.25) is 0 Å². The summed E-state index contributed by atoms with van der Waals surface area (Å²) in [5, 5.41) is 7.34. The predicted molar refractivity (Wildman–Crippen MR) is 76.3 cm³/mol. The van der Waals surface area contributed by atoms with Crippen molar-refractivity contribution in [2.24, 2.45) is 0 Å². The van der Waals surface area contributed by atoms with E-state index in [2.05, 4.69) is 24.5 Å². The normalized spacial score (nSPS) is 21.2. The molecule has 2 unspecified atom stereocenters. The van der Waals surface area contributed by atoms with Gasteiger partial charge in [0.25, 0.3) is 0 Å². The summed E-state index contributed by atoms with van der Waals surface area (Å²) in [6.45, 7) is 6.16. The van der Waals surface area contributed by atoms with Crippen LogP contribution < -0.4 is 10.6 Å². The monoisotopic (exact) mass is 258 g/mol. The van der Waals surface area contributed by atoms with Gasteiger partial charge in [-0.05, 0) is 38.4 Å². The van der Waals surface area contributed by atoms with Crippen LogP contribution in [0.1, 0.15) is 52.4 Å². The highest BCUT2D eigenvalue weighted by Crippen LogP contribution is 2.10. The van der Waals surface area contributed by atoms with Crippen LogP contribution in [-0.4, -0.2) is 30.4 Å². The first-order valence-electron chi connectivity index (χ1n) is 6.88. The lowest BCUT2D eigenvalue weighted by atomic mass is 10.1. The van der Waals surface area contributed by atoms with Gasteiger partial charge in [-0.1, -0.05) is 26.2 Å². The van der Waals surface area contributed by atoms with E-state index in [4.69, 9.17) is 17.0 Å². The second-order valence-corrected chi connectivity index (χ2v) is 5.29. The van der Waals surface area contributed by atoms with E-state index in [1.54, 1.807) is 0 Å². The Morgan fingerprint density at radius 2 is 2.29 bits per heavy atom. The van der Waals surface area contributed by atoms with Crippen LogP contribution in [0.4, 0.5) is 0 Å². The van der Waals surface area contributed by atoms with Crippen LogP contribution in [0, 0.1) is 0 Å². The summed E-state index contributed by atoms with van der Waals surface area (Å²) in [5.74, 6) is 0. The third kappa shape index (κ3) is 6.84. The fourth-order valence-corrected chi connectivity index (χ4v) is 2.34. The van der Waals surface area contributed by atoms with Crippen molar-refractivity contribution in [3.8, 4) is 0 Å². The van der Waals surface area contributed by atoms with Crippen molar-refractivity contribution in [3.05, 3.63) is 0 Å². The van der Waals surface area contributed by atoms with Gasteiger partial charge in [0, 0.05) is 19.2 Å². The van der Waals surface area contributed by atoms with Crippen LogP contribution in [-0.2, 0) is 4.74 Å². The van der Waals surface area contributed by atoms with Gasteiger partial charge in [-0.15, -0.1) is 0 Å². The Labute approximate surface area is 111 Å².